The zero-order valence-corrected chi connectivity index (χ0v) is 17.2. The molecule has 0 aliphatic carbocycles. The Morgan fingerprint density at radius 1 is 0.885 bits per heavy atom. The Balaban J connectivity index is 2.37. The summed E-state index contributed by atoms with van der Waals surface area (Å²) in [7, 11) is 4.13. The molecule has 1 atom stereocenters. The van der Waals surface area contributed by atoms with Gasteiger partial charge in [0.2, 0.25) is 0 Å². The molecule has 0 radical (unpaired) electrons. The van der Waals surface area contributed by atoms with Crippen molar-refractivity contribution in [3.63, 3.8) is 0 Å². The quantitative estimate of drug-likeness (QED) is 0.598. The summed E-state index contributed by atoms with van der Waals surface area (Å²) in [6.45, 7) is 11.6. The number of aryl methyl sites for hydroxylation is 1. The number of rotatable bonds is 9. The van der Waals surface area contributed by atoms with Crippen LogP contribution in [0.4, 0.5) is 11.4 Å². The molecule has 2 aromatic carbocycles. The molecule has 0 bridgehead atoms. The largest absolute Gasteiger partial charge is 0.378 e. The molecule has 3 nitrogen and oxygen atoms in total. The Morgan fingerprint density at radius 3 is 2.00 bits per heavy atom. The topological polar surface area (TPSA) is 15.7 Å². The molecule has 0 heterocycles. The number of ether oxygens (including phenoxy) is 1. The van der Waals surface area contributed by atoms with Gasteiger partial charge in [-0.3, -0.25) is 0 Å². The molecule has 0 aromatic heterocycles. The third-order valence-electron chi connectivity index (χ3n) is 4.87. The van der Waals surface area contributed by atoms with E-state index in [0.717, 1.165) is 26.1 Å². The highest BCUT2D eigenvalue weighted by atomic mass is 16.5. The van der Waals surface area contributed by atoms with Crippen LogP contribution in [0.1, 0.15) is 50.0 Å². The first-order valence-corrected chi connectivity index (χ1v) is 9.76. The maximum Gasteiger partial charge on any atom is 0.108 e. The molecular weight excluding hydrogens is 320 g/mol. The van der Waals surface area contributed by atoms with Gasteiger partial charge in [-0.25, -0.2) is 0 Å². The molecule has 1 unspecified atom stereocenters. The van der Waals surface area contributed by atoms with Gasteiger partial charge in [-0.1, -0.05) is 25.1 Å². The maximum absolute atomic E-state index is 6.27. The second-order valence-corrected chi connectivity index (χ2v) is 6.95. The molecule has 142 valence electrons. The second-order valence-electron chi connectivity index (χ2n) is 6.95. The van der Waals surface area contributed by atoms with Gasteiger partial charge in [-0.05, 0) is 68.1 Å². The maximum atomic E-state index is 6.27. The molecule has 0 fully saturated rings. The number of hydrogen-bond acceptors (Lipinski definition) is 3. The Morgan fingerprint density at radius 2 is 1.50 bits per heavy atom. The van der Waals surface area contributed by atoms with Crippen LogP contribution in [0, 0.1) is 6.92 Å². The third-order valence-corrected chi connectivity index (χ3v) is 4.87. The van der Waals surface area contributed by atoms with E-state index in [-0.39, 0.29) is 6.10 Å². The minimum atomic E-state index is -0.0167. The number of benzene rings is 2. The van der Waals surface area contributed by atoms with E-state index in [0.29, 0.717) is 0 Å². The van der Waals surface area contributed by atoms with Gasteiger partial charge in [0, 0.05) is 45.2 Å². The molecule has 0 amide bonds. The lowest BCUT2D eigenvalue weighted by Gasteiger charge is -2.25. The van der Waals surface area contributed by atoms with Crippen molar-refractivity contribution in [2.24, 2.45) is 0 Å². The molecule has 0 saturated carbocycles. The number of hydrogen-bond donors (Lipinski definition) is 0. The molecular formula is C23H34N2O. The summed E-state index contributed by atoms with van der Waals surface area (Å²) in [5.74, 6) is 0. The lowest BCUT2D eigenvalue weighted by Crippen LogP contribution is -2.22. The van der Waals surface area contributed by atoms with E-state index in [2.05, 4.69) is 94.1 Å². The van der Waals surface area contributed by atoms with Crippen molar-refractivity contribution in [1.82, 2.24) is 0 Å². The number of nitrogens with zero attached hydrogens (tertiary/aromatic N) is 2. The molecule has 26 heavy (non-hydrogen) atoms. The monoisotopic (exact) mass is 354 g/mol. The van der Waals surface area contributed by atoms with E-state index in [1.807, 2.05) is 0 Å². The van der Waals surface area contributed by atoms with E-state index >= 15 is 0 Å². The predicted octanol–water partition coefficient (Wildman–Crippen LogP) is 5.42. The van der Waals surface area contributed by atoms with Crippen LogP contribution in [0.15, 0.2) is 42.5 Å². The fraction of sp³-hybridized carbons (Fsp3) is 0.478. The van der Waals surface area contributed by atoms with Crippen LogP contribution < -0.4 is 9.80 Å². The van der Waals surface area contributed by atoms with Crippen molar-refractivity contribution in [2.75, 3.05) is 43.6 Å². The average molecular weight is 355 g/mol. The molecule has 0 aliphatic heterocycles. The van der Waals surface area contributed by atoms with Gasteiger partial charge < -0.3 is 14.5 Å². The van der Waals surface area contributed by atoms with Crippen molar-refractivity contribution in [3.8, 4) is 0 Å². The summed E-state index contributed by atoms with van der Waals surface area (Å²) < 4.78 is 6.27. The summed E-state index contributed by atoms with van der Waals surface area (Å²) in [4.78, 5) is 4.50. The minimum absolute atomic E-state index is 0.0167. The summed E-state index contributed by atoms with van der Waals surface area (Å²) in [5, 5.41) is 0. The van der Waals surface area contributed by atoms with Gasteiger partial charge in [0.25, 0.3) is 0 Å². The fourth-order valence-corrected chi connectivity index (χ4v) is 3.29. The smallest absolute Gasteiger partial charge is 0.108 e. The van der Waals surface area contributed by atoms with Crippen LogP contribution in [-0.4, -0.2) is 33.8 Å². The highest BCUT2D eigenvalue weighted by molar-refractivity contribution is 5.53. The first kappa shape index (κ1) is 20.3. The molecule has 0 spiro atoms. The molecule has 3 heteroatoms. The fourth-order valence-electron chi connectivity index (χ4n) is 3.29. The SMILES string of the molecule is CCCOC(c1ccc(N(C)C)cc1)c1ccc(N(CC)CC)cc1C. The molecule has 2 aromatic rings. The van der Waals surface area contributed by atoms with E-state index in [4.69, 9.17) is 4.74 Å². The van der Waals surface area contributed by atoms with Crippen molar-refractivity contribution in [2.45, 2.75) is 40.2 Å². The minimum Gasteiger partial charge on any atom is -0.378 e. The van der Waals surface area contributed by atoms with Crippen LogP contribution in [0.3, 0.4) is 0 Å². The van der Waals surface area contributed by atoms with Gasteiger partial charge in [0.1, 0.15) is 6.10 Å². The summed E-state index contributed by atoms with van der Waals surface area (Å²) in [6.07, 6.45) is 1.000. The Hall–Kier alpha value is -2.00. The first-order chi connectivity index (χ1) is 12.5. The standard InChI is InChI=1S/C23H34N2O/c1-7-16-26-23(19-10-12-20(13-11-19)24(5)6)22-15-14-21(17-18(22)4)25(8-2)9-3/h10-15,17,23H,7-9,16H2,1-6H3. The van der Waals surface area contributed by atoms with Crippen LogP contribution >= 0.6 is 0 Å². The van der Waals surface area contributed by atoms with E-state index < -0.39 is 0 Å². The van der Waals surface area contributed by atoms with Crippen LogP contribution in [-0.2, 0) is 4.74 Å². The lowest BCUT2D eigenvalue weighted by molar-refractivity contribution is 0.0802. The third kappa shape index (κ3) is 4.79. The molecule has 0 aliphatic rings. The highest BCUT2D eigenvalue weighted by Crippen LogP contribution is 2.32. The van der Waals surface area contributed by atoms with Gasteiger partial charge in [-0.15, -0.1) is 0 Å². The average Bonchev–Trinajstić information content (AvgIpc) is 2.64. The Labute approximate surface area is 159 Å². The first-order valence-electron chi connectivity index (χ1n) is 9.76. The summed E-state index contributed by atoms with van der Waals surface area (Å²) >= 11 is 0. The zero-order valence-electron chi connectivity index (χ0n) is 17.2. The molecule has 0 N–H and O–H groups in total. The van der Waals surface area contributed by atoms with E-state index in [9.17, 15) is 0 Å². The van der Waals surface area contributed by atoms with Gasteiger partial charge >= 0.3 is 0 Å². The Kier molecular flexibility index (Phi) is 7.52. The van der Waals surface area contributed by atoms with Crippen LogP contribution in [0.5, 0.6) is 0 Å². The van der Waals surface area contributed by atoms with E-state index in [1.165, 1.54) is 28.1 Å². The van der Waals surface area contributed by atoms with Crippen LogP contribution in [0.2, 0.25) is 0 Å². The van der Waals surface area contributed by atoms with E-state index in [1.54, 1.807) is 0 Å². The van der Waals surface area contributed by atoms with Crippen molar-refractivity contribution >= 4 is 11.4 Å². The molecule has 2 rings (SSSR count). The van der Waals surface area contributed by atoms with Crippen molar-refractivity contribution in [1.29, 1.82) is 0 Å². The molecule has 0 saturated heterocycles. The van der Waals surface area contributed by atoms with Crippen molar-refractivity contribution < 1.29 is 4.74 Å². The zero-order chi connectivity index (χ0) is 19.1. The normalized spacial score (nSPS) is 12.1. The van der Waals surface area contributed by atoms with Gasteiger partial charge in [-0.2, -0.15) is 0 Å². The van der Waals surface area contributed by atoms with Gasteiger partial charge in [0.05, 0.1) is 0 Å². The van der Waals surface area contributed by atoms with Gasteiger partial charge in [0.15, 0.2) is 0 Å². The summed E-state index contributed by atoms with van der Waals surface area (Å²) in [5.41, 5.74) is 6.24. The highest BCUT2D eigenvalue weighted by Gasteiger charge is 2.18. The summed E-state index contributed by atoms with van der Waals surface area (Å²) in [6, 6.07) is 15.5. The number of anilines is 2. The van der Waals surface area contributed by atoms with Crippen LogP contribution in [0.25, 0.3) is 0 Å². The predicted molar refractivity (Wildman–Crippen MR) is 114 cm³/mol. The second kappa shape index (κ2) is 9.63. The Bertz CT molecular complexity index is 675. The lowest BCUT2D eigenvalue weighted by atomic mass is 9.96. The van der Waals surface area contributed by atoms with Crippen molar-refractivity contribution in [3.05, 3.63) is 59.2 Å².